The van der Waals surface area contributed by atoms with E-state index in [4.69, 9.17) is 16.9 Å². The zero-order valence-corrected chi connectivity index (χ0v) is 11.9. The molecule has 0 aliphatic carbocycles. The van der Waals surface area contributed by atoms with E-state index in [2.05, 4.69) is 19.0 Å². The van der Waals surface area contributed by atoms with Gasteiger partial charge in [-0.3, -0.25) is 4.79 Å². The van der Waals surface area contributed by atoms with E-state index in [1.54, 1.807) is 12.1 Å². The van der Waals surface area contributed by atoms with Crippen molar-refractivity contribution in [3.8, 4) is 6.07 Å². The summed E-state index contributed by atoms with van der Waals surface area (Å²) in [5.41, 5.74) is 2.17. The van der Waals surface area contributed by atoms with Gasteiger partial charge in [0.2, 0.25) is 0 Å². The number of fused-ring (bicyclic) bond motifs is 1. The monoisotopic (exact) mass is 315 g/mol. The average molecular weight is 316 g/mol. The quantitative estimate of drug-likeness (QED) is 0.785. The lowest BCUT2D eigenvalue weighted by molar-refractivity contribution is 0.102. The maximum absolute atomic E-state index is 12.2. The first-order valence-corrected chi connectivity index (χ1v) is 6.88. The number of nitrogens with one attached hydrogen (secondary N) is 1. The van der Waals surface area contributed by atoms with Crippen molar-refractivity contribution < 1.29 is 4.79 Å². The number of anilines is 1. The summed E-state index contributed by atoms with van der Waals surface area (Å²) in [5, 5.41) is 11.8. The van der Waals surface area contributed by atoms with Gasteiger partial charge in [0, 0.05) is 6.20 Å². The molecule has 0 atom stereocenters. The lowest BCUT2D eigenvalue weighted by Gasteiger charge is -2.07. The van der Waals surface area contributed by atoms with Crippen LogP contribution in [0.4, 0.5) is 5.69 Å². The van der Waals surface area contributed by atoms with Crippen molar-refractivity contribution in [3.05, 3.63) is 46.7 Å². The van der Waals surface area contributed by atoms with Crippen molar-refractivity contribution in [2.75, 3.05) is 5.32 Å². The fraction of sp³-hybridized carbons (Fsp3) is 0. The highest BCUT2D eigenvalue weighted by Gasteiger charge is 2.14. The van der Waals surface area contributed by atoms with Crippen molar-refractivity contribution in [1.29, 1.82) is 5.26 Å². The summed E-state index contributed by atoms with van der Waals surface area (Å²) < 4.78 is 8.21. The summed E-state index contributed by atoms with van der Waals surface area (Å²) in [6, 6.07) is 8.32. The van der Waals surface area contributed by atoms with E-state index in [0.717, 1.165) is 11.7 Å². The number of halogens is 1. The Morgan fingerprint density at radius 2 is 2.14 bits per heavy atom. The molecule has 6 nitrogen and oxygen atoms in total. The van der Waals surface area contributed by atoms with Gasteiger partial charge in [0.25, 0.3) is 5.91 Å². The van der Waals surface area contributed by atoms with Gasteiger partial charge in [-0.2, -0.15) is 14.0 Å². The second-order valence-electron chi connectivity index (χ2n) is 4.05. The number of carbonyl (C=O) groups excluding carboxylic acids is 1. The van der Waals surface area contributed by atoms with Crippen molar-refractivity contribution in [1.82, 2.24) is 13.7 Å². The highest BCUT2D eigenvalue weighted by atomic mass is 35.5. The lowest BCUT2D eigenvalue weighted by Crippen LogP contribution is -2.14. The van der Waals surface area contributed by atoms with Gasteiger partial charge in [-0.1, -0.05) is 11.6 Å². The largest absolute Gasteiger partial charge is 0.317 e. The van der Waals surface area contributed by atoms with Crippen LogP contribution in [0.2, 0.25) is 5.02 Å². The number of nitriles is 1. The van der Waals surface area contributed by atoms with Crippen LogP contribution in [-0.4, -0.2) is 19.6 Å². The smallest absolute Gasteiger partial charge is 0.274 e. The fourth-order valence-electron chi connectivity index (χ4n) is 1.72. The van der Waals surface area contributed by atoms with E-state index in [9.17, 15) is 4.79 Å². The van der Waals surface area contributed by atoms with Crippen LogP contribution in [0.15, 0.2) is 30.5 Å². The minimum atomic E-state index is -0.429. The molecule has 0 aliphatic heterocycles. The fourth-order valence-corrected chi connectivity index (χ4v) is 2.46. The van der Waals surface area contributed by atoms with Crippen LogP contribution in [0.5, 0.6) is 0 Å². The Kier molecular flexibility index (Phi) is 3.48. The molecule has 2 heterocycles. The van der Waals surface area contributed by atoms with Crippen LogP contribution >= 0.6 is 23.3 Å². The molecular weight excluding hydrogens is 310 g/mol. The topological polar surface area (TPSA) is 91.6 Å². The normalized spacial score (nSPS) is 10.3. The molecule has 1 aromatic carbocycles. The first-order valence-electron chi connectivity index (χ1n) is 5.77. The standard InChI is InChI=1S/C13H6ClN5OS/c14-8-2-4-9-12(19-21-18-9)11(8)17-13(20)10-3-1-7(5-15)6-16-10/h1-4,6H,(H,17,20). The number of nitrogens with zero attached hydrogens (tertiary/aromatic N) is 4. The third-order valence-corrected chi connectivity index (χ3v) is 3.60. The molecule has 1 N–H and O–H groups in total. The Bertz CT molecular complexity index is 868. The maximum atomic E-state index is 12.2. The van der Waals surface area contributed by atoms with Gasteiger partial charge in [-0.25, -0.2) is 4.98 Å². The van der Waals surface area contributed by atoms with E-state index in [-0.39, 0.29) is 5.69 Å². The van der Waals surface area contributed by atoms with Gasteiger partial charge in [0.15, 0.2) is 0 Å². The van der Waals surface area contributed by atoms with Crippen molar-refractivity contribution in [2.45, 2.75) is 0 Å². The number of rotatable bonds is 2. The van der Waals surface area contributed by atoms with Crippen LogP contribution < -0.4 is 5.32 Å². The molecule has 0 saturated carbocycles. The SMILES string of the molecule is N#Cc1ccc(C(=O)Nc2c(Cl)ccc3nsnc23)nc1. The molecule has 3 aromatic rings. The molecule has 3 rings (SSSR count). The molecule has 21 heavy (non-hydrogen) atoms. The molecule has 0 unspecified atom stereocenters. The molecule has 0 fully saturated rings. The number of benzene rings is 1. The molecule has 0 aliphatic rings. The summed E-state index contributed by atoms with van der Waals surface area (Å²) >= 11 is 7.14. The Morgan fingerprint density at radius 1 is 1.29 bits per heavy atom. The zero-order valence-electron chi connectivity index (χ0n) is 10.4. The van der Waals surface area contributed by atoms with Crippen molar-refractivity contribution >= 4 is 46.0 Å². The molecule has 2 aromatic heterocycles. The van der Waals surface area contributed by atoms with Crippen LogP contribution in [0.25, 0.3) is 11.0 Å². The van der Waals surface area contributed by atoms with E-state index in [1.165, 1.54) is 18.3 Å². The molecule has 0 spiro atoms. The van der Waals surface area contributed by atoms with Gasteiger partial charge < -0.3 is 5.32 Å². The molecule has 102 valence electrons. The Hall–Kier alpha value is -2.56. The summed E-state index contributed by atoms with van der Waals surface area (Å²) in [4.78, 5) is 16.1. The minimum absolute atomic E-state index is 0.185. The van der Waals surface area contributed by atoms with Crippen LogP contribution in [0, 0.1) is 11.3 Å². The molecule has 8 heteroatoms. The maximum Gasteiger partial charge on any atom is 0.274 e. The summed E-state index contributed by atoms with van der Waals surface area (Å²) in [6.07, 6.45) is 1.33. The summed E-state index contributed by atoms with van der Waals surface area (Å²) in [7, 11) is 0. The van der Waals surface area contributed by atoms with Crippen LogP contribution in [-0.2, 0) is 0 Å². The zero-order chi connectivity index (χ0) is 14.8. The van der Waals surface area contributed by atoms with Crippen LogP contribution in [0.1, 0.15) is 16.1 Å². The number of hydrogen-bond acceptors (Lipinski definition) is 6. The molecule has 0 bridgehead atoms. The van der Waals surface area contributed by atoms with Gasteiger partial charge in [0.05, 0.1) is 28.0 Å². The number of aromatic nitrogens is 3. The van der Waals surface area contributed by atoms with E-state index in [1.807, 2.05) is 6.07 Å². The second-order valence-corrected chi connectivity index (χ2v) is 4.99. The minimum Gasteiger partial charge on any atom is -0.317 e. The number of hydrogen-bond donors (Lipinski definition) is 1. The number of pyridine rings is 1. The Labute approximate surface area is 128 Å². The van der Waals surface area contributed by atoms with Gasteiger partial charge in [-0.15, -0.1) is 0 Å². The molecular formula is C13H6ClN5OS. The first-order chi connectivity index (χ1) is 10.2. The average Bonchev–Trinajstić information content (AvgIpc) is 2.99. The third-order valence-electron chi connectivity index (χ3n) is 2.74. The van der Waals surface area contributed by atoms with Crippen LogP contribution in [0.3, 0.4) is 0 Å². The van der Waals surface area contributed by atoms with E-state index in [0.29, 0.717) is 27.3 Å². The molecule has 0 saturated heterocycles. The van der Waals surface area contributed by atoms with E-state index >= 15 is 0 Å². The predicted molar refractivity (Wildman–Crippen MR) is 79.3 cm³/mol. The first kappa shape index (κ1) is 13.4. The Morgan fingerprint density at radius 3 is 2.86 bits per heavy atom. The third kappa shape index (κ3) is 2.54. The highest BCUT2D eigenvalue weighted by Crippen LogP contribution is 2.30. The predicted octanol–water partition coefficient (Wildman–Crippen LogP) is 2.86. The van der Waals surface area contributed by atoms with E-state index < -0.39 is 5.91 Å². The molecule has 0 radical (unpaired) electrons. The van der Waals surface area contributed by atoms with Gasteiger partial charge in [-0.05, 0) is 24.3 Å². The second kappa shape index (κ2) is 5.44. The Balaban J connectivity index is 1.94. The van der Waals surface area contributed by atoms with Gasteiger partial charge in [0.1, 0.15) is 22.8 Å². The van der Waals surface area contributed by atoms with Crippen molar-refractivity contribution in [3.63, 3.8) is 0 Å². The summed E-state index contributed by atoms with van der Waals surface area (Å²) in [5.74, 6) is -0.429. The summed E-state index contributed by atoms with van der Waals surface area (Å²) in [6.45, 7) is 0. The number of carbonyl (C=O) groups is 1. The molecule has 1 amide bonds. The van der Waals surface area contributed by atoms with Crippen molar-refractivity contribution in [2.24, 2.45) is 0 Å². The highest BCUT2D eigenvalue weighted by molar-refractivity contribution is 7.00. The number of amides is 1. The van der Waals surface area contributed by atoms with Gasteiger partial charge >= 0.3 is 0 Å². The lowest BCUT2D eigenvalue weighted by atomic mass is 10.2.